The van der Waals surface area contributed by atoms with Crippen LogP contribution in [-0.2, 0) is 154 Å². The van der Waals surface area contributed by atoms with E-state index in [0.29, 0.717) is 0 Å². The van der Waals surface area contributed by atoms with Crippen molar-refractivity contribution in [3.05, 3.63) is 0 Å². The summed E-state index contributed by atoms with van der Waals surface area (Å²) in [7, 11) is 0. The zero-order chi connectivity index (χ0) is 42.6. The number of rotatable bonds is 20. The smallest absolute Gasteiger partial charge is 2.00 e. The van der Waals surface area contributed by atoms with Crippen molar-refractivity contribution in [2.45, 2.75) is 73.8 Å². The van der Waals surface area contributed by atoms with Gasteiger partial charge in [-0.3, -0.25) is 0 Å². The summed E-state index contributed by atoms with van der Waals surface area (Å²) in [6.07, 6.45) is -11.8. The van der Waals surface area contributed by atoms with Crippen molar-refractivity contribution in [3.8, 4) is 0 Å². The van der Waals surface area contributed by atoms with E-state index in [0.717, 1.165) is 0 Å². The number of aliphatic carboxylic acids is 12. The second-order valence-corrected chi connectivity index (χ2v) is 9.52. The van der Waals surface area contributed by atoms with E-state index in [1.165, 1.54) is 0 Å². The molecule has 0 heterocycles. The maximum Gasteiger partial charge on any atom is 4.00 e. The third-order valence-electron chi connectivity index (χ3n) is 4.93. The summed E-state index contributed by atoms with van der Waals surface area (Å²) in [4.78, 5) is 119. The van der Waals surface area contributed by atoms with Crippen molar-refractivity contribution in [1.29, 1.82) is 0 Å². The van der Waals surface area contributed by atoms with Crippen LogP contribution in [0.15, 0.2) is 0 Å². The van der Waals surface area contributed by atoms with Crippen LogP contribution in [0.1, 0.15) is 51.4 Å². The van der Waals surface area contributed by atoms with Gasteiger partial charge in [-0.05, 0) is 51.4 Å². The Balaban J connectivity index is -0.0000000178. The Bertz CT molecular complexity index is 1180. The van der Waals surface area contributed by atoms with Crippen LogP contribution in [0.3, 0.4) is 0 Å². The Morgan fingerprint density at radius 2 is 0.278 bits per heavy atom. The molecule has 0 saturated heterocycles. The molecule has 0 aromatic rings. The third-order valence-corrected chi connectivity index (χ3v) is 4.93. The molecule has 0 aromatic carbocycles. The molecule has 0 unspecified atom stereocenters. The van der Waals surface area contributed by atoms with Crippen molar-refractivity contribution >= 4 is 71.6 Å². The van der Waals surface area contributed by atoms with Gasteiger partial charge < -0.3 is 232 Å². The first-order valence-corrected chi connectivity index (χ1v) is 12.4. The van der Waals surface area contributed by atoms with Gasteiger partial charge >= 0.3 is 74.2 Å². The molecule has 0 bridgehead atoms. The molecule has 428 valence electrons. The summed E-state index contributed by atoms with van der Waals surface area (Å²) >= 11 is 0. The minimum Gasteiger partial charge on any atom is -2.00 e. The molecule has 0 aromatic heterocycles. The first-order chi connectivity index (χ1) is 23.1. The molecule has 72 heavy (non-hydrogen) atoms. The summed E-state index contributed by atoms with van der Waals surface area (Å²) in [6, 6.07) is 0. The molecule has 0 fully saturated rings. The predicted octanol–water partition coefficient (Wildman–Crippen LogP) is -24.3. The van der Waals surface area contributed by atoms with E-state index < -0.39 is 145 Å². The van der Waals surface area contributed by atoms with Gasteiger partial charge in [0.2, 0.25) is 0 Å². The number of carbonyl (C=O) groups is 12. The molecule has 0 saturated carbocycles. The molecule has 0 spiro atoms. The number of carboxylic acids is 12. The van der Waals surface area contributed by atoms with Crippen LogP contribution in [0.5, 0.6) is 0 Å². The Hall–Kier alpha value is -4.82. The number of carboxylic acid groups (broad SMARTS) is 12. The Morgan fingerprint density at radius 1 is 0.222 bits per heavy atom. The number of carbonyl (C=O) groups excluding carboxylic acids is 12. The average Bonchev–Trinajstić information content (AvgIpc) is 2.85. The van der Waals surface area contributed by atoms with Gasteiger partial charge in [0.25, 0.3) is 0 Å². The van der Waals surface area contributed by atoms with E-state index in [9.17, 15) is 139 Å². The molecule has 0 aliphatic heterocycles. The number of hydrogen-bond acceptors (Lipinski definition) is 28. The minimum absolute atomic E-state index is 0. The molecule has 0 aliphatic rings. The normalized spacial score (nSPS) is 7.83. The predicted molar refractivity (Wildman–Crippen MR) is 173 cm³/mol. The fourth-order valence-corrected chi connectivity index (χ4v) is 2.69. The molecule has 4 radical (unpaired) electrons. The van der Waals surface area contributed by atoms with Crippen molar-refractivity contribution in [2.24, 2.45) is 0 Å². The van der Waals surface area contributed by atoms with Gasteiger partial charge in [-0.25, -0.2) is 0 Å². The first kappa shape index (κ1) is 158. The van der Waals surface area contributed by atoms with E-state index in [1.54, 1.807) is 0 Å². The molecular formula is C24H56N8O36V4. The zero-order valence-corrected chi connectivity index (χ0v) is 44.1. The molecule has 40 N–H and O–H groups in total. The van der Waals surface area contributed by atoms with Crippen molar-refractivity contribution in [3.63, 3.8) is 0 Å². The van der Waals surface area contributed by atoms with Crippen LogP contribution >= 0.6 is 0 Å². The first-order valence-electron chi connectivity index (χ1n) is 12.4. The molecule has 44 nitrogen and oxygen atoms in total. The second kappa shape index (κ2) is 70.4. The molecule has 0 rings (SSSR count). The standard InChI is InChI=1S/4C6H7O7.8H3N.4H2O.4O.4V/c4*7-3(8)1-6(13,5(11)12)2-4(9)10;;;;;;;;;;;;;;;;;;;;/h4*1-2H2,(H,7,8)(H,9,10)(H,11,12);8*1H3;4*1H2;;;;;;;;/q4*-1;;;;;;;;;;;;;4*-2;4*+4/p-4. The fraction of sp³-hybridized carbons (Fsp3) is 0.500. The molecule has 0 atom stereocenters. The van der Waals surface area contributed by atoms with Gasteiger partial charge in [0.15, 0.2) is 0 Å². The van der Waals surface area contributed by atoms with Crippen LogP contribution in [0.2, 0.25) is 0 Å². The molecule has 48 heteroatoms. The van der Waals surface area contributed by atoms with Gasteiger partial charge in [0.1, 0.15) is 0 Å². The van der Waals surface area contributed by atoms with Gasteiger partial charge in [0, 0.05) is 71.6 Å². The van der Waals surface area contributed by atoms with Gasteiger partial charge in [-0.1, -0.05) is 22.4 Å². The Kier molecular flexibility index (Phi) is 154. The van der Waals surface area contributed by atoms with Crippen molar-refractivity contribution in [2.75, 3.05) is 0 Å². The van der Waals surface area contributed by atoms with Crippen molar-refractivity contribution < 1.29 is 257 Å². The minimum atomic E-state index is -3.22. The molecular weight excluding hydrogens is 1180 g/mol. The van der Waals surface area contributed by atoms with E-state index in [4.69, 9.17) is 0 Å². The quantitative estimate of drug-likeness (QED) is 0.0561. The van der Waals surface area contributed by atoms with Crippen LogP contribution in [0.25, 0.3) is 0 Å². The molecule has 0 aliphatic carbocycles. The largest absolute Gasteiger partial charge is 4.00 e. The summed E-state index contributed by atoms with van der Waals surface area (Å²) in [5.74, 6) is -24.9. The van der Waals surface area contributed by atoms with Crippen LogP contribution in [0, 0.1) is 0 Å². The van der Waals surface area contributed by atoms with Crippen molar-refractivity contribution in [1.82, 2.24) is 49.2 Å². The summed E-state index contributed by atoms with van der Waals surface area (Å²) in [5, 5.41) is 163. The average molecular weight is 1240 g/mol. The van der Waals surface area contributed by atoms with E-state index in [2.05, 4.69) is 0 Å². The SMILES string of the molecule is O.O.O.O.O=C([O-])CC([O-])(CC(=O)[O-])C(=O)[O-].O=C([O-])CC([O-])(CC(=O)[O-])C(=O)[O-].O=C([O-])CC([O-])(CC(=O)[O-])C(=O)[O-].O=C([O-])CC([O-])(CC(=O)[O-])C(=O)[O-].[NH4+].[NH4+].[NH4+].[NH4+].[NH4+].[NH4+].[NH4+].[NH4+].[O-2].[O-2].[O-2].[O-2].[V+4].[V+4].[V+4].[V+4]. The Morgan fingerprint density at radius 3 is 0.306 bits per heavy atom. The van der Waals surface area contributed by atoms with Crippen LogP contribution < -0.4 is 131 Å². The maximum absolute atomic E-state index is 10.9. The fourth-order valence-electron chi connectivity index (χ4n) is 2.69. The van der Waals surface area contributed by atoms with E-state index in [-0.39, 0.29) is 167 Å². The summed E-state index contributed by atoms with van der Waals surface area (Å²) < 4.78 is 0. The maximum atomic E-state index is 10.9. The van der Waals surface area contributed by atoms with Gasteiger partial charge in [-0.2, -0.15) is 0 Å². The second-order valence-electron chi connectivity index (χ2n) is 9.52. The zero-order valence-electron chi connectivity index (χ0n) is 38.5. The van der Waals surface area contributed by atoms with E-state index >= 15 is 0 Å². The van der Waals surface area contributed by atoms with Gasteiger partial charge in [0.05, 0.1) is 0 Å². The van der Waals surface area contributed by atoms with Crippen LogP contribution in [-0.4, -0.2) is 116 Å². The van der Waals surface area contributed by atoms with Crippen LogP contribution in [0.4, 0.5) is 0 Å². The summed E-state index contributed by atoms with van der Waals surface area (Å²) in [5.41, 5.74) is -12.9. The molecule has 0 amide bonds. The number of quaternary nitrogens is 8. The number of hydrogen-bond donors (Lipinski definition) is 8. The third kappa shape index (κ3) is 76.7. The topological polar surface area (TPSA) is 1110 Å². The van der Waals surface area contributed by atoms with E-state index in [1.807, 2.05) is 0 Å². The monoisotopic (exact) mass is 1240 g/mol. The Labute approximate surface area is 450 Å². The summed E-state index contributed by atoms with van der Waals surface area (Å²) in [6.45, 7) is 0. The van der Waals surface area contributed by atoms with Gasteiger partial charge in [-0.15, -0.1) is 0 Å².